The molecule has 29 heavy (non-hydrogen) atoms. The lowest BCUT2D eigenvalue weighted by molar-refractivity contribution is 0.0702. The fourth-order valence-corrected chi connectivity index (χ4v) is 5.11. The summed E-state index contributed by atoms with van der Waals surface area (Å²) in [6.45, 7) is 2.18. The lowest BCUT2D eigenvalue weighted by Crippen LogP contribution is -2.01. The van der Waals surface area contributed by atoms with E-state index in [0.29, 0.717) is 10.8 Å². The summed E-state index contributed by atoms with van der Waals surface area (Å²) in [4.78, 5) is 12.6. The number of hydrogen-bond donors (Lipinski definition) is 2. The first-order valence-electron chi connectivity index (χ1n) is 10.9. The van der Waals surface area contributed by atoms with Gasteiger partial charge in [-0.25, -0.2) is 4.79 Å². The molecule has 2 atom stereocenters. The molecule has 0 bridgehead atoms. The van der Waals surface area contributed by atoms with E-state index in [2.05, 4.69) is 37.3 Å². The second kappa shape index (κ2) is 10.7. The van der Waals surface area contributed by atoms with Crippen LogP contribution < -0.4 is 0 Å². The molecular formula is C25H32O3S. The van der Waals surface area contributed by atoms with Crippen molar-refractivity contribution >= 4 is 22.9 Å². The minimum absolute atomic E-state index is 0.356. The van der Waals surface area contributed by atoms with Gasteiger partial charge < -0.3 is 10.2 Å². The van der Waals surface area contributed by atoms with Crippen LogP contribution >= 0.6 is 11.3 Å². The Morgan fingerprint density at radius 3 is 2.62 bits per heavy atom. The molecule has 1 unspecified atom stereocenters. The van der Waals surface area contributed by atoms with E-state index in [9.17, 15) is 9.90 Å². The molecule has 156 valence electrons. The van der Waals surface area contributed by atoms with Gasteiger partial charge in [-0.05, 0) is 73.3 Å². The Kier molecular flexibility index (Phi) is 8.08. The summed E-state index contributed by atoms with van der Waals surface area (Å²) < 4.78 is 0. The van der Waals surface area contributed by atoms with Crippen molar-refractivity contribution in [3.05, 3.63) is 63.4 Å². The Morgan fingerprint density at radius 2 is 1.93 bits per heavy atom. The summed E-state index contributed by atoms with van der Waals surface area (Å²) in [5.41, 5.74) is 3.74. The van der Waals surface area contributed by atoms with Crippen molar-refractivity contribution in [1.82, 2.24) is 0 Å². The molecule has 1 aromatic heterocycles. The molecule has 2 N–H and O–H groups in total. The van der Waals surface area contributed by atoms with Crippen LogP contribution in [-0.2, 0) is 6.42 Å². The highest BCUT2D eigenvalue weighted by atomic mass is 32.1. The highest BCUT2D eigenvalue weighted by molar-refractivity contribution is 7.13. The molecular weight excluding hydrogens is 380 g/mol. The van der Waals surface area contributed by atoms with Gasteiger partial charge in [0, 0.05) is 4.88 Å². The maximum atomic E-state index is 11.0. The van der Waals surface area contributed by atoms with Crippen LogP contribution in [0.5, 0.6) is 0 Å². The van der Waals surface area contributed by atoms with E-state index in [1.807, 2.05) is 6.07 Å². The number of carboxylic acids is 1. The molecule has 0 amide bonds. The number of aliphatic hydroxyl groups is 1. The average Bonchev–Trinajstić information content (AvgIpc) is 3.38. The lowest BCUT2D eigenvalue weighted by atomic mass is 9.89. The molecule has 0 saturated heterocycles. The van der Waals surface area contributed by atoms with Gasteiger partial charge in [0.2, 0.25) is 0 Å². The third-order valence-corrected chi connectivity index (χ3v) is 7.01. The van der Waals surface area contributed by atoms with Crippen LogP contribution in [0, 0.1) is 5.92 Å². The molecule has 0 fully saturated rings. The molecule has 1 aromatic carbocycles. The van der Waals surface area contributed by atoms with Gasteiger partial charge in [-0.1, -0.05) is 56.5 Å². The topological polar surface area (TPSA) is 57.5 Å². The van der Waals surface area contributed by atoms with E-state index in [1.54, 1.807) is 6.07 Å². The molecule has 0 saturated carbocycles. The molecule has 0 aliphatic heterocycles. The van der Waals surface area contributed by atoms with Crippen LogP contribution in [-0.4, -0.2) is 16.2 Å². The number of allylic oxidation sites excluding steroid dienone is 2. The zero-order valence-corrected chi connectivity index (χ0v) is 18.1. The van der Waals surface area contributed by atoms with Crippen molar-refractivity contribution in [1.29, 1.82) is 0 Å². The summed E-state index contributed by atoms with van der Waals surface area (Å²) in [6.07, 6.45) is 11.8. The van der Waals surface area contributed by atoms with E-state index in [1.165, 1.54) is 41.7 Å². The Balaban J connectivity index is 1.52. The third-order valence-electron chi connectivity index (χ3n) is 5.88. The molecule has 2 aromatic rings. The molecule has 0 radical (unpaired) electrons. The van der Waals surface area contributed by atoms with Gasteiger partial charge in [0.15, 0.2) is 0 Å². The number of carbonyl (C=O) groups is 1. The van der Waals surface area contributed by atoms with Crippen LogP contribution in [0.2, 0.25) is 0 Å². The minimum atomic E-state index is -0.832. The second-order valence-electron chi connectivity index (χ2n) is 8.03. The summed E-state index contributed by atoms with van der Waals surface area (Å²) in [5.74, 6) is -0.254. The maximum Gasteiger partial charge on any atom is 0.345 e. The molecule has 3 rings (SSSR count). The Labute approximate surface area is 178 Å². The number of aryl methyl sites for hydroxylation is 1. The van der Waals surface area contributed by atoms with E-state index in [-0.39, 0.29) is 6.10 Å². The van der Waals surface area contributed by atoms with Crippen molar-refractivity contribution in [3.63, 3.8) is 0 Å². The first-order valence-corrected chi connectivity index (χ1v) is 11.7. The average molecular weight is 413 g/mol. The van der Waals surface area contributed by atoms with E-state index in [4.69, 9.17) is 5.11 Å². The molecule has 1 heterocycles. The van der Waals surface area contributed by atoms with Crippen LogP contribution in [0.25, 0.3) is 5.57 Å². The number of rotatable bonds is 11. The third kappa shape index (κ3) is 6.03. The number of aromatic carboxylic acids is 1. The van der Waals surface area contributed by atoms with Crippen molar-refractivity contribution in [2.24, 2.45) is 5.92 Å². The Morgan fingerprint density at radius 1 is 1.14 bits per heavy atom. The van der Waals surface area contributed by atoms with Gasteiger partial charge in [0.05, 0.1) is 6.10 Å². The molecule has 4 heteroatoms. The summed E-state index contributed by atoms with van der Waals surface area (Å²) in [6, 6.07) is 12.2. The van der Waals surface area contributed by atoms with Crippen LogP contribution in [0.1, 0.15) is 90.1 Å². The number of benzene rings is 1. The summed E-state index contributed by atoms with van der Waals surface area (Å²) in [5, 5.41) is 19.4. The fraction of sp³-hybridized carbons (Fsp3) is 0.480. The maximum absolute atomic E-state index is 11.0. The van der Waals surface area contributed by atoms with Gasteiger partial charge >= 0.3 is 5.97 Å². The highest BCUT2D eigenvalue weighted by Gasteiger charge is 2.21. The molecule has 1 aliphatic rings. The largest absolute Gasteiger partial charge is 0.477 e. The predicted molar refractivity (Wildman–Crippen MR) is 120 cm³/mol. The number of thiophene rings is 1. The number of hydrogen-bond acceptors (Lipinski definition) is 3. The van der Waals surface area contributed by atoms with Crippen molar-refractivity contribution in [3.8, 4) is 0 Å². The molecule has 3 nitrogen and oxygen atoms in total. The fourth-order valence-electron chi connectivity index (χ4n) is 4.22. The van der Waals surface area contributed by atoms with Gasteiger partial charge in [-0.3, -0.25) is 0 Å². The lowest BCUT2D eigenvalue weighted by Gasteiger charge is -2.16. The van der Waals surface area contributed by atoms with Gasteiger partial charge in [0.1, 0.15) is 4.88 Å². The van der Waals surface area contributed by atoms with E-state index >= 15 is 0 Å². The highest BCUT2D eigenvalue weighted by Crippen LogP contribution is 2.37. The number of unbranched alkanes of at least 4 members (excludes halogenated alkanes) is 2. The summed E-state index contributed by atoms with van der Waals surface area (Å²) in [7, 11) is 0. The first kappa shape index (κ1) is 21.8. The molecule has 1 aliphatic carbocycles. The monoisotopic (exact) mass is 412 g/mol. The standard InChI is InChI=1S/C25H32O3S/c1-2-3-4-11-23(26)20-14-12-19(13-15-20)22-10-6-8-18(22)7-5-9-21-16-17-24(29-21)25(27)28/h10,12-18,23,26H,2-9,11H2,1H3,(H,27,28)/t18?,23-/m1/s1. The van der Waals surface area contributed by atoms with E-state index in [0.717, 1.165) is 49.0 Å². The number of aliphatic hydroxyl groups excluding tert-OH is 1. The van der Waals surface area contributed by atoms with Gasteiger partial charge in [-0.2, -0.15) is 0 Å². The smallest absolute Gasteiger partial charge is 0.345 e. The normalized spacial score (nSPS) is 17.3. The molecule has 0 spiro atoms. The minimum Gasteiger partial charge on any atom is -0.477 e. The zero-order chi connectivity index (χ0) is 20.6. The van der Waals surface area contributed by atoms with Crippen molar-refractivity contribution < 1.29 is 15.0 Å². The van der Waals surface area contributed by atoms with Gasteiger partial charge in [-0.15, -0.1) is 11.3 Å². The van der Waals surface area contributed by atoms with Crippen molar-refractivity contribution in [2.75, 3.05) is 0 Å². The van der Waals surface area contributed by atoms with Gasteiger partial charge in [0.25, 0.3) is 0 Å². The zero-order valence-electron chi connectivity index (χ0n) is 17.3. The second-order valence-corrected chi connectivity index (χ2v) is 9.20. The first-order chi connectivity index (χ1) is 14.1. The van der Waals surface area contributed by atoms with E-state index < -0.39 is 5.97 Å². The van der Waals surface area contributed by atoms with Crippen LogP contribution in [0.3, 0.4) is 0 Å². The quantitative estimate of drug-likeness (QED) is 0.396. The summed E-state index contributed by atoms with van der Waals surface area (Å²) >= 11 is 1.39. The SMILES string of the molecule is CCCCC[C@@H](O)c1ccc(C2=CCCC2CCCc2ccc(C(=O)O)s2)cc1. The van der Waals surface area contributed by atoms with Crippen LogP contribution in [0.15, 0.2) is 42.5 Å². The van der Waals surface area contributed by atoms with Crippen molar-refractivity contribution in [2.45, 2.75) is 70.8 Å². The Hall–Kier alpha value is -1.91. The Bertz CT molecular complexity index is 819. The number of carboxylic acid groups (broad SMARTS) is 1. The van der Waals surface area contributed by atoms with Crippen LogP contribution in [0.4, 0.5) is 0 Å². The predicted octanol–water partition coefficient (Wildman–Crippen LogP) is 6.88.